The van der Waals surface area contributed by atoms with Crippen LogP contribution in [0.4, 0.5) is 14.5 Å². The molecule has 2 aromatic heterocycles. The standard InChI is InChI=1S/C13H9F2N3O2S/c14-8-3-4-11(10(15)6-8)18-21(19,20)12-7-17-13-9(12)2-1-5-16-13/h1-7,18H,(H,16,17). The molecule has 0 atom stereocenters. The molecule has 21 heavy (non-hydrogen) atoms. The second kappa shape index (κ2) is 4.81. The Morgan fingerprint density at radius 1 is 1.19 bits per heavy atom. The largest absolute Gasteiger partial charge is 0.345 e. The van der Waals surface area contributed by atoms with Crippen molar-refractivity contribution in [2.24, 2.45) is 0 Å². The molecular weight excluding hydrogens is 300 g/mol. The number of hydrogen-bond donors (Lipinski definition) is 2. The van der Waals surface area contributed by atoms with Crippen molar-refractivity contribution in [2.75, 3.05) is 4.72 Å². The van der Waals surface area contributed by atoms with Crippen LogP contribution in [0.15, 0.2) is 47.6 Å². The number of hydrogen-bond acceptors (Lipinski definition) is 3. The maximum absolute atomic E-state index is 13.5. The highest BCUT2D eigenvalue weighted by Crippen LogP contribution is 2.24. The van der Waals surface area contributed by atoms with Gasteiger partial charge in [-0.1, -0.05) is 0 Å². The highest BCUT2D eigenvalue weighted by molar-refractivity contribution is 7.93. The predicted molar refractivity (Wildman–Crippen MR) is 73.3 cm³/mol. The number of anilines is 1. The van der Waals surface area contributed by atoms with E-state index in [9.17, 15) is 17.2 Å². The Kier molecular flexibility index (Phi) is 3.09. The number of H-pyrrole nitrogens is 1. The van der Waals surface area contributed by atoms with Gasteiger partial charge in [0, 0.05) is 23.8 Å². The summed E-state index contributed by atoms with van der Waals surface area (Å²) in [6, 6.07) is 5.77. The molecular formula is C13H9F2N3O2S. The van der Waals surface area contributed by atoms with Crippen LogP contribution >= 0.6 is 0 Å². The molecule has 8 heteroatoms. The minimum atomic E-state index is -4.02. The molecule has 0 unspecified atom stereocenters. The van der Waals surface area contributed by atoms with Gasteiger partial charge in [0.15, 0.2) is 0 Å². The van der Waals surface area contributed by atoms with Gasteiger partial charge in [0.1, 0.15) is 22.2 Å². The topological polar surface area (TPSA) is 74.8 Å². The fourth-order valence-corrected chi connectivity index (χ4v) is 3.16. The van der Waals surface area contributed by atoms with Crippen molar-refractivity contribution >= 4 is 26.7 Å². The number of pyridine rings is 1. The lowest BCUT2D eigenvalue weighted by atomic mass is 10.3. The molecule has 0 saturated heterocycles. The average Bonchev–Trinajstić information content (AvgIpc) is 2.86. The third kappa shape index (κ3) is 2.45. The second-order valence-electron chi connectivity index (χ2n) is 4.28. The SMILES string of the molecule is O=S(=O)(Nc1ccc(F)cc1F)c1c[nH]c2ncccc12. The lowest BCUT2D eigenvalue weighted by molar-refractivity contribution is 0.583. The van der Waals surface area contributed by atoms with Crippen LogP contribution in [-0.4, -0.2) is 18.4 Å². The van der Waals surface area contributed by atoms with Gasteiger partial charge in [0.2, 0.25) is 0 Å². The summed E-state index contributed by atoms with van der Waals surface area (Å²) in [6.07, 6.45) is 2.78. The molecule has 0 amide bonds. The molecule has 3 aromatic rings. The number of benzene rings is 1. The normalized spacial score (nSPS) is 11.7. The Bertz CT molecular complexity index is 922. The van der Waals surface area contributed by atoms with Gasteiger partial charge in [-0.2, -0.15) is 0 Å². The maximum Gasteiger partial charge on any atom is 0.264 e. The summed E-state index contributed by atoms with van der Waals surface area (Å²) in [5, 5.41) is 0.382. The number of rotatable bonds is 3. The van der Waals surface area contributed by atoms with Gasteiger partial charge in [-0.3, -0.25) is 4.72 Å². The van der Waals surface area contributed by atoms with Gasteiger partial charge in [-0.15, -0.1) is 0 Å². The lowest BCUT2D eigenvalue weighted by Crippen LogP contribution is -2.13. The quantitative estimate of drug-likeness (QED) is 0.781. The van der Waals surface area contributed by atoms with Gasteiger partial charge in [0.25, 0.3) is 10.0 Å². The summed E-state index contributed by atoms with van der Waals surface area (Å²) in [5.41, 5.74) is 0.0760. The summed E-state index contributed by atoms with van der Waals surface area (Å²) < 4.78 is 53.1. The van der Waals surface area contributed by atoms with Crippen molar-refractivity contribution in [1.82, 2.24) is 9.97 Å². The van der Waals surface area contributed by atoms with E-state index in [-0.39, 0.29) is 10.6 Å². The third-order valence-corrected chi connectivity index (χ3v) is 4.28. The molecule has 5 nitrogen and oxygen atoms in total. The fraction of sp³-hybridized carbons (Fsp3) is 0. The van der Waals surface area contributed by atoms with Gasteiger partial charge < -0.3 is 4.98 Å². The first-order valence-electron chi connectivity index (χ1n) is 5.87. The van der Waals surface area contributed by atoms with Crippen LogP contribution in [0.1, 0.15) is 0 Å². The minimum Gasteiger partial charge on any atom is -0.345 e. The lowest BCUT2D eigenvalue weighted by Gasteiger charge is -2.08. The molecule has 0 bridgehead atoms. The molecule has 0 saturated carbocycles. The number of nitrogens with one attached hydrogen (secondary N) is 2. The first-order chi connectivity index (χ1) is 9.97. The smallest absolute Gasteiger partial charge is 0.264 e. The molecule has 0 aliphatic heterocycles. The van der Waals surface area contributed by atoms with Crippen molar-refractivity contribution in [3.63, 3.8) is 0 Å². The highest BCUT2D eigenvalue weighted by Gasteiger charge is 2.20. The molecule has 0 radical (unpaired) electrons. The van der Waals surface area contributed by atoms with E-state index in [2.05, 4.69) is 14.7 Å². The maximum atomic E-state index is 13.5. The van der Waals surface area contributed by atoms with Crippen molar-refractivity contribution in [2.45, 2.75) is 4.90 Å². The first kappa shape index (κ1) is 13.5. The summed E-state index contributed by atoms with van der Waals surface area (Å²) in [4.78, 5) is 6.64. The zero-order chi connectivity index (χ0) is 15.0. The Morgan fingerprint density at radius 2 is 2.00 bits per heavy atom. The summed E-state index contributed by atoms with van der Waals surface area (Å²) in [7, 11) is -4.02. The Hall–Kier alpha value is -2.48. The average molecular weight is 309 g/mol. The van der Waals surface area contributed by atoms with E-state index >= 15 is 0 Å². The monoisotopic (exact) mass is 309 g/mol. The van der Waals surface area contributed by atoms with Crippen molar-refractivity contribution in [3.8, 4) is 0 Å². The number of fused-ring (bicyclic) bond motifs is 1. The molecule has 0 aliphatic rings. The molecule has 3 rings (SSSR count). The summed E-state index contributed by atoms with van der Waals surface area (Å²) in [6.45, 7) is 0. The highest BCUT2D eigenvalue weighted by atomic mass is 32.2. The minimum absolute atomic E-state index is 0.0608. The second-order valence-corrected chi connectivity index (χ2v) is 5.93. The van der Waals surface area contributed by atoms with Crippen molar-refractivity contribution < 1.29 is 17.2 Å². The van der Waals surface area contributed by atoms with E-state index < -0.39 is 21.7 Å². The fourth-order valence-electron chi connectivity index (χ4n) is 1.93. The van der Waals surface area contributed by atoms with Crippen LogP contribution in [0.5, 0.6) is 0 Å². The van der Waals surface area contributed by atoms with E-state index in [0.717, 1.165) is 12.1 Å². The van der Waals surface area contributed by atoms with E-state index in [1.807, 2.05) is 0 Å². The molecule has 2 N–H and O–H groups in total. The number of nitrogens with zero attached hydrogens (tertiary/aromatic N) is 1. The first-order valence-corrected chi connectivity index (χ1v) is 7.36. The van der Waals surface area contributed by atoms with Gasteiger partial charge in [-0.05, 0) is 24.3 Å². The Balaban J connectivity index is 2.04. The number of sulfonamides is 1. The van der Waals surface area contributed by atoms with Gasteiger partial charge >= 0.3 is 0 Å². The molecule has 108 valence electrons. The van der Waals surface area contributed by atoms with Crippen LogP contribution in [0.2, 0.25) is 0 Å². The number of halogens is 2. The Labute approximate surface area is 118 Å². The Morgan fingerprint density at radius 3 is 2.76 bits per heavy atom. The van der Waals surface area contributed by atoms with Crippen LogP contribution < -0.4 is 4.72 Å². The van der Waals surface area contributed by atoms with E-state index in [0.29, 0.717) is 17.1 Å². The predicted octanol–water partition coefficient (Wildman–Crippen LogP) is 2.64. The van der Waals surface area contributed by atoms with E-state index in [4.69, 9.17) is 0 Å². The zero-order valence-corrected chi connectivity index (χ0v) is 11.3. The molecule has 0 spiro atoms. The molecule has 1 aromatic carbocycles. The summed E-state index contributed by atoms with van der Waals surface area (Å²) in [5.74, 6) is -1.77. The van der Waals surface area contributed by atoms with Crippen LogP contribution in [0, 0.1) is 11.6 Å². The van der Waals surface area contributed by atoms with Crippen molar-refractivity contribution in [3.05, 3.63) is 54.4 Å². The van der Waals surface area contributed by atoms with Gasteiger partial charge in [-0.25, -0.2) is 22.2 Å². The molecule has 0 aliphatic carbocycles. The van der Waals surface area contributed by atoms with Gasteiger partial charge in [0.05, 0.1) is 5.69 Å². The van der Waals surface area contributed by atoms with Crippen LogP contribution in [0.25, 0.3) is 11.0 Å². The third-order valence-electron chi connectivity index (χ3n) is 2.88. The summed E-state index contributed by atoms with van der Waals surface area (Å²) >= 11 is 0. The molecule has 2 heterocycles. The van der Waals surface area contributed by atoms with Crippen LogP contribution in [0.3, 0.4) is 0 Å². The number of aromatic amines is 1. The number of aromatic nitrogens is 2. The van der Waals surface area contributed by atoms with E-state index in [1.165, 1.54) is 12.4 Å². The van der Waals surface area contributed by atoms with E-state index in [1.54, 1.807) is 12.1 Å². The van der Waals surface area contributed by atoms with Crippen LogP contribution in [-0.2, 0) is 10.0 Å². The zero-order valence-electron chi connectivity index (χ0n) is 10.5. The van der Waals surface area contributed by atoms with Crippen molar-refractivity contribution in [1.29, 1.82) is 0 Å². The molecule has 0 fully saturated rings.